The normalized spacial score (nSPS) is 10.6. The van der Waals surface area contributed by atoms with E-state index in [0.29, 0.717) is 13.1 Å². The number of aliphatic carboxylic acids is 1. The molecular formula is C12H16BrNO3. The summed E-state index contributed by atoms with van der Waals surface area (Å²) >= 11 is 3.40. The van der Waals surface area contributed by atoms with E-state index in [4.69, 9.17) is 9.84 Å². The van der Waals surface area contributed by atoms with Crippen LogP contribution in [0.5, 0.6) is 5.75 Å². The van der Waals surface area contributed by atoms with Crippen LogP contribution in [0.1, 0.15) is 12.5 Å². The SMILES string of the molecule is CCN(CC(=O)O)Cc1cc(Br)ccc1OC. The number of halogens is 1. The van der Waals surface area contributed by atoms with Gasteiger partial charge in [0.05, 0.1) is 13.7 Å². The minimum atomic E-state index is -0.819. The Balaban J connectivity index is 2.84. The Kier molecular flexibility index (Phi) is 5.44. The predicted molar refractivity (Wildman–Crippen MR) is 69.3 cm³/mol. The van der Waals surface area contributed by atoms with Gasteiger partial charge in [-0.2, -0.15) is 0 Å². The van der Waals surface area contributed by atoms with E-state index in [2.05, 4.69) is 15.9 Å². The number of rotatable bonds is 6. The summed E-state index contributed by atoms with van der Waals surface area (Å²) in [5, 5.41) is 8.79. The summed E-state index contributed by atoms with van der Waals surface area (Å²) in [5.74, 6) is -0.0437. The molecule has 0 unspecified atom stereocenters. The van der Waals surface area contributed by atoms with Gasteiger partial charge in [-0.1, -0.05) is 22.9 Å². The van der Waals surface area contributed by atoms with Crippen molar-refractivity contribution in [1.82, 2.24) is 4.90 Å². The smallest absolute Gasteiger partial charge is 0.317 e. The third-order valence-corrected chi connectivity index (χ3v) is 2.94. The van der Waals surface area contributed by atoms with E-state index < -0.39 is 5.97 Å². The maximum absolute atomic E-state index is 10.7. The molecule has 94 valence electrons. The second-order valence-electron chi connectivity index (χ2n) is 3.65. The third-order valence-electron chi connectivity index (χ3n) is 2.44. The van der Waals surface area contributed by atoms with E-state index in [1.807, 2.05) is 30.0 Å². The van der Waals surface area contributed by atoms with Crippen molar-refractivity contribution >= 4 is 21.9 Å². The first-order valence-corrected chi connectivity index (χ1v) is 6.12. The molecule has 0 heterocycles. The topological polar surface area (TPSA) is 49.8 Å². The van der Waals surface area contributed by atoms with E-state index in [1.165, 1.54) is 0 Å². The summed E-state index contributed by atoms with van der Waals surface area (Å²) in [7, 11) is 1.61. The predicted octanol–water partition coefficient (Wildman–Crippen LogP) is 2.36. The zero-order chi connectivity index (χ0) is 12.8. The molecule has 0 spiro atoms. The van der Waals surface area contributed by atoms with Gasteiger partial charge in [-0.3, -0.25) is 9.69 Å². The van der Waals surface area contributed by atoms with E-state index in [0.717, 1.165) is 15.8 Å². The molecule has 0 saturated heterocycles. The lowest BCUT2D eigenvalue weighted by Crippen LogP contribution is -2.29. The summed E-state index contributed by atoms with van der Waals surface area (Å²) in [6, 6.07) is 5.72. The van der Waals surface area contributed by atoms with Crippen molar-refractivity contribution < 1.29 is 14.6 Å². The zero-order valence-corrected chi connectivity index (χ0v) is 11.5. The van der Waals surface area contributed by atoms with E-state index >= 15 is 0 Å². The summed E-state index contributed by atoms with van der Waals surface area (Å²) < 4.78 is 6.21. The molecule has 0 saturated carbocycles. The van der Waals surface area contributed by atoms with Crippen molar-refractivity contribution in [2.45, 2.75) is 13.5 Å². The van der Waals surface area contributed by atoms with Crippen LogP contribution >= 0.6 is 15.9 Å². The van der Waals surface area contributed by atoms with E-state index in [-0.39, 0.29) is 6.54 Å². The van der Waals surface area contributed by atoms with Crippen LogP contribution in [0.3, 0.4) is 0 Å². The molecule has 1 aromatic carbocycles. The Labute approximate surface area is 109 Å². The highest BCUT2D eigenvalue weighted by atomic mass is 79.9. The molecule has 0 atom stereocenters. The van der Waals surface area contributed by atoms with Crippen LogP contribution in [0.15, 0.2) is 22.7 Å². The molecule has 0 bridgehead atoms. The molecule has 0 fully saturated rings. The van der Waals surface area contributed by atoms with Crippen LogP contribution in [0.25, 0.3) is 0 Å². The van der Waals surface area contributed by atoms with Crippen LogP contribution < -0.4 is 4.74 Å². The minimum absolute atomic E-state index is 0.0339. The summed E-state index contributed by atoms with van der Waals surface area (Å²) in [5.41, 5.74) is 0.977. The maximum atomic E-state index is 10.7. The van der Waals surface area contributed by atoms with Gasteiger partial charge in [0, 0.05) is 16.6 Å². The number of benzene rings is 1. The number of carboxylic acid groups (broad SMARTS) is 1. The van der Waals surface area contributed by atoms with Crippen molar-refractivity contribution in [2.75, 3.05) is 20.2 Å². The number of ether oxygens (including phenoxy) is 1. The largest absolute Gasteiger partial charge is 0.496 e. The average Bonchev–Trinajstić information content (AvgIpc) is 2.28. The fourth-order valence-corrected chi connectivity index (χ4v) is 1.99. The van der Waals surface area contributed by atoms with Crippen LogP contribution in [0.4, 0.5) is 0 Å². The van der Waals surface area contributed by atoms with Crippen LogP contribution in [0.2, 0.25) is 0 Å². The van der Waals surface area contributed by atoms with Crippen molar-refractivity contribution in [2.24, 2.45) is 0 Å². The Hall–Kier alpha value is -1.07. The summed E-state index contributed by atoms with van der Waals surface area (Å²) in [6.07, 6.45) is 0. The maximum Gasteiger partial charge on any atom is 0.317 e. The number of hydrogen-bond acceptors (Lipinski definition) is 3. The second kappa shape index (κ2) is 6.61. The first-order chi connectivity index (χ1) is 8.06. The molecule has 1 aromatic rings. The fourth-order valence-electron chi connectivity index (χ4n) is 1.58. The molecule has 0 aliphatic heterocycles. The zero-order valence-electron chi connectivity index (χ0n) is 9.94. The van der Waals surface area contributed by atoms with Gasteiger partial charge in [0.15, 0.2) is 0 Å². The van der Waals surface area contributed by atoms with Gasteiger partial charge < -0.3 is 9.84 Å². The fraction of sp³-hybridized carbons (Fsp3) is 0.417. The Bertz CT molecular complexity index is 395. The molecule has 0 radical (unpaired) electrons. The quantitative estimate of drug-likeness (QED) is 0.876. The number of methoxy groups -OCH3 is 1. The van der Waals surface area contributed by atoms with Gasteiger partial charge in [0.2, 0.25) is 0 Å². The number of carboxylic acids is 1. The molecule has 1 rings (SSSR count). The highest BCUT2D eigenvalue weighted by Gasteiger charge is 2.11. The van der Waals surface area contributed by atoms with Crippen LogP contribution in [0, 0.1) is 0 Å². The number of hydrogen-bond donors (Lipinski definition) is 1. The van der Waals surface area contributed by atoms with Gasteiger partial charge >= 0.3 is 5.97 Å². The van der Waals surface area contributed by atoms with Gasteiger partial charge in [-0.15, -0.1) is 0 Å². The molecule has 0 aliphatic carbocycles. The molecule has 1 N–H and O–H groups in total. The monoisotopic (exact) mass is 301 g/mol. The number of carbonyl (C=O) groups is 1. The molecule has 0 aromatic heterocycles. The Morgan fingerprint density at radius 2 is 2.24 bits per heavy atom. The number of nitrogens with zero attached hydrogens (tertiary/aromatic N) is 1. The number of likely N-dealkylation sites (N-methyl/N-ethyl adjacent to an activating group) is 1. The lowest BCUT2D eigenvalue weighted by atomic mass is 10.2. The molecular weight excluding hydrogens is 286 g/mol. The Morgan fingerprint density at radius 1 is 1.53 bits per heavy atom. The molecule has 0 aliphatic rings. The Morgan fingerprint density at radius 3 is 2.76 bits per heavy atom. The van der Waals surface area contributed by atoms with Gasteiger partial charge in [-0.25, -0.2) is 0 Å². The van der Waals surface area contributed by atoms with Crippen molar-refractivity contribution in [3.8, 4) is 5.75 Å². The minimum Gasteiger partial charge on any atom is -0.496 e. The standard InChI is InChI=1S/C12H16BrNO3/c1-3-14(8-12(15)16)7-9-6-10(13)4-5-11(9)17-2/h4-6H,3,7-8H2,1-2H3,(H,15,16). The third kappa shape index (κ3) is 4.36. The average molecular weight is 302 g/mol. The lowest BCUT2D eigenvalue weighted by Gasteiger charge is -2.19. The summed E-state index contributed by atoms with van der Waals surface area (Å²) in [4.78, 5) is 12.5. The van der Waals surface area contributed by atoms with Gasteiger partial charge in [0.1, 0.15) is 5.75 Å². The first-order valence-electron chi connectivity index (χ1n) is 5.33. The van der Waals surface area contributed by atoms with Crippen molar-refractivity contribution in [1.29, 1.82) is 0 Å². The van der Waals surface area contributed by atoms with Gasteiger partial charge in [-0.05, 0) is 24.7 Å². The highest BCUT2D eigenvalue weighted by molar-refractivity contribution is 9.10. The molecule has 5 heteroatoms. The molecule has 0 amide bonds. The van der Waals surface area contributed by atoms with E-state index in [9.17, 15) is 4.79 Å². The first kappa shape index (κ1) is 14.0. The molecule has 17 heavy (non-hydrogen) atoms. The molecule has 4 nitrogen and oxygen atoms in total. The lowest BCUT2D eigenvalue weighted by molar-refractivity contribution is -0.138. The van der Waals surface area contributed by atoms with Crippen LogP contribution in [-0.2, 0) is 11.3 Å². The summed E-state index contributed by atoms with van der Waals surface area (Å²) in [6.45, 7) is 3.22. The van der Waals surface area contributed by atoms with Gasteiger partial charge in [0.25, 0.3) is 0 Å². The highest BCUT2D eigenvalue weighted by Crippen LogP contribution is 2.24. The van der Waals surface area contributed by atoms with Crippen molar-refractivity contribution in [3.63, 3.8) is 0 Å². The van der Waals surface area contributed by atoms with Crippen molar-refractivity contribution in [3.05, 3.63) is 28.2 Å². The van der Waals surface area contributed by atoms with E-state index in [1.54, 1.807) is 7.11 Å². The van der Waals surface area contributed by atoms with Crippen LogP contribution in [-0.4, -0.2) is 36.2 Å². The second-order valence-corrected chi connectivity index (χ2v) is 4.57.